The fraction of sp³-hybridized carbons (Fsp3) is 0.471. The summed E-state index contributed by atoms with van der Waals surface area (Å²) in [4.78, 5) is 23.3. The van der Waals surface area contributed by atoms with E-state index in [1.54, 1.807) is 52.0 Å². The lowest BCUT2D eigenvalue weighted by Crippen LogP contribution is -2.31. The molecule has 2 N–H and O–H groups in total. The molecule has 1 aromatic rings. The van der Waals surface area contributed by atoms with Crippen molar-refractivity contribution in [3.05, 3.63) is 35.9 Å². The summed E-state index contributed by atoms with van der Waals surface area (Å²) in [6.45, 7) is 7.03. The number of nitrogens with zero attached hydrogens (tertiary/aromatic N) is 1. The Bertz CT molecular complexity index is 578. The van der Waals surface area contributed by atoms with Gasteiger partial charge >= 0.3 is 12.1 Å². The third-order valence-electron chi connectivity index (χ3n) is 2.73. The highest BCUT2D eigenvalue weighted by molar-refractivity contribution is 6.02. The van der Waals surface area contributed by atoms with Crippen LogP contribution in [0.4, 0.5) is 4.79 Å². The quantitative estimate of drug-likeness (QED) is 0.472. The first-order valence-electron chi connectivity index (χ1n) is 7.68. The summed E-state index contributed by atoms with van der Waals surface area (Å²) < 4.78 is 9.88. The SMILES string of the molecule is CCOC(=O)C(O)C/C(=N\NC(=O)OC(C)(C)C)c1ccccc1. The predicted octanol–water partition coefficient (Wildman–Crippen LogP) is 2.23. The Balaban J connectivity index is 2.88. The van der Waals surface area contributed by atoms with Crippen LogP contribution in [0.15, 0.2) is 35.4 Å². The summed E-state index contributed by atoms with van der Waals surface area (Å²) >= 11 is 0. The highest BCUT2D eigenvalue weighted by Gasteiger charge is 2.21. The number of hydrazone groups is 1. The van der Waals surface area contributed by atoms with Crippen molar-refractivity contribution in [2.75, 3.05) is 6.61 Å². The van der Waals surface area contributed by atoms with Crippen LogP contribution in [0, 0.1) is 0 Å². The molecule has 1 unspecified atom stereocenters. The van der Waals surface area contributed by atoms with Crippen LogP contribution in [-0.4, -0.2) is 41.2 Å². The second-order valence-corrected chi connectivity index (χ2v) is 6.01. The van der Waals surface area contributed by atoms with E-state index >= 15 is 0 Å². The Morgan fingerprint density at radius 1 is 1.25 bits per heavy atom. The van der Waals surface area contributed by atoms with Crippen LogP contribution in [0.3, 0.4) is 0 Å². The number of carbonyl (C=O) groups excluding carboxylic acids is 2. The lowest BCUT2D eigenvalue weighted by molar-refractivity contribution is -0.152. The van der Waals surface area contributed by atoms with Crippen molar-refractivity contribution in [2.24, 2.45) is 5.10 Å². The minimum Gasteiger partial charge on any atom is -0.464 e. The zero-order valence-corrected chi connectivity index (χ0v) is 14.4. The monoisotopic (exact) mass is 336 g/mol. The molecule has 1 amide bonds. The minimum absolute atomic E-state index is 0.0986. The van der Waals surface area contributed by atoms with Gasteiger partial charge in [-0.25, -0.2) is 15.0 Å². The fourth-order valence-corrected chi connectivity index (χ4v) is 1.78. The molecule has 132 valence electrons. The zero-order valence-electron chi connectivity index (χ0n) is 14.4. The maximum Gasteiger partial charge on any atom is 0.428 e. The molecule has 0 aliphatic rings. The standard InChI is InChI=1S/C17H24N2O5/c1-5-23-15(21)14(20)11-13(12-9-7-6-8-10-12)18-19-16(22)24-17(2,3)4/h6-10,14,20H,5,11H2,1-4H3,(H,19,22)/b18-13+. The summed E-state index contributed by atoms with van der Waals surface area (Å²) in [6, 6.07) is 8.91. The lowest BCUT2D eigenvalue weighted by atomic mass is 10.0. The Kier molecular flexibility index (Phi) is 7.38. The van der Waals surface area contributed by atoms with Crippen molar-refractivity contribution in [3.63, 3.8) is 0 Å². The molecule has 0 aromatic heterocycles. The minimum atomic E-state index is -1.37. The second kappa shape index (κ2) is 9.02. The summed E-state index contributed by atoms with van der Waals surface area (Å²) in [5, 5.41) is 13.9. The van der Waals surface area contributed by atoms with E-state index in [0.717, 1.165) is 0 Å². The van der Waals surface area contributed by atoms with Crippen LogP contribution < -0.4 is 5.43 Å². The number of benzene rings is 1. The molecule has 1 atom stereocenters. The van der Waals surface area contributed by atoms with Crippen LogP contribution in [0.2, 0.25) is 0 Å². The Morgan fingerprint density at radius 2 is 1.88 bits per heavy atom. The molecule has 24 heavy (non-hydrogen) atoms. The zero-order chi connectivity index (χ0) is 18.2. The van der Waals surface area contributed by atoms with Crippen LogP contribution in [0.5, 0.6) is 0 Å². The number of carbonyl (C=O) groups is 2. The lowest BCUT2D eigenvalue weighted by Gasteiger charge is -2.19. The van der Waals surface area contributed by atoms with E-state index in [0.29, 0.717) is 11.3 Å². The third-order valence-corrected chi connectivity index (χ3v) is 2.73. The molecule has 7 nitrogen and oxygen atoms in total. The molecular formula is C17H24N2O5. The molecule has 0 radical (unpaired) electrons. The van der Waals surface area contributed by atoms with Crippen molar-refractivity contribution in [1.29, 1.82) is 0 Å². The Morgan fingerprint density at radius 3 is 2.42 bits per heavy atom. The number of ether oxygens (including phenoxy) is 2. The van der Waals surface area contributed by atoms with Gasteiger partial charge in [0.2, 0.25) is 0 Å². The molecule has 1 aromatic carbocycles. The van der Waals surface area contributed by atoms with Gasteiger partial charge in [0, 0.05) is 6.42 Å². The van der Waals surface area contributed by atoms with Gasteiger partial charge in [-0.1, -0.05) is 30.3 Å². The molecule has 7 heteroatoms. The topological polar surface area (TPSA) is 97.2 Å². The maximum atomic E-state index is 11.7. The predicted molar refractivity (Wildman–Crippen MR) is 89.6 cm³/mol. The molecule has 0 aliphatic carbocycles. The first-order valence-corrected chi connectivity index (χ1v) is 7.68. The van der Waals surface area contributed by atoms with Gasteiger partial charge in [-0.15, -0.1) is 0 Å². The van der Waals surface area contributed by atoms with Crippen molar-refractivity contribution in [1.82, 2.24) is 5.43 Å². The van der Waals surface area contributed by atoms with Gasteiger partial charge in [-0.05, 0) is 33.3 Å². The number of rotatable bonds is 6. The van der Waals surface area contributed by atoms with Crippen LogP contribution in [0.25, 0.3) is 0 Å². The normalized spacial score (nSPS) is 13.1. The summed E-state index contributed by atoms with van der Waals surface area (Å²) in [7, 11) is 0. The van der Waals surface area contributed by atoms with E-state index in [1.165, 1.54) is 0 Å². The molecule has 0 fully saturated rings. The molecule has 0 saturated heterocycles. The number of hydrogen-bond donors (Lipinski definition) is 2. The van der Waals surface area contributed by atoms with Gasteiger partial charge in [0.25, 0.3) is 0 Å². The summed E-state index contributed by atoms with van der Waals surface area (Å²) in [5.74, 6) is -0.738. The molecule has 0 spiro atoms. The summed E-state index contributed by atoms with van der Waals surface area (Å²) in [5.41, 5.74) is 2.62. The third kappa shape index (κ3) is 7.23. The first kappa shape index (κ1) is 19.6. The highest BCUT2D eigenvalue weighted by Crippen LogP contribution is 2.09. The van der Waals surface area contributed by atoms with Gasteiger partial charge in [0.05, 0.1) is 12.3 Å². The van der Waals surface area contributed by atoms with Gasteiger partial charge < -0.3 is 14.6 Å². The second-order valence-electron chi connectivity index (χ2n) is 6.01. The van der Waals surface area contributed by atoms with Gasteiger partial charge in [0.1, 0.15) is 5.60 Å². The van der Waals surface area contributed by atoms with E-state index in [-0.39, 0.29) is 13.0 Å². The van der Waals surface area contributed by atoms with E-state index in [4.69, 9.17) is 9.47 Å². The number of esters is 1. The molecule has 0 heterocycles. The highest BCUT2D eigenvalue weighted by atomic mass is 16.6. The van der Waals surface area contributed by atoms with E-state index < -0.39 is 23.8 Å². The molecule has 0 saturated carbocycles. The summed E-state index contributed by atoms with van der Waals surface area (Å²) in [6.07, 6.45) is -2.19. The van der Waals surface area contributed by atoms with Crippen LogP contribution in [0.1, 0.15) is 39.7 Å². The molecule has 0 aliphatic heterocycles. The van der Waals surface area contributed by atoms with Crippen molar-refractivity contribution in [2.45, 2.75) is 45.8 Å². The molecular weight excluding hydrogens is 312 g/mol. The fourth-order valence-electron chi connectivity index (χ4n) is 1.78. The van der Waals surface area contributed by atoms with Crippen molar-refractivity contribution >= 4 is 17.8 Å². The van der Waals surface area contributed by atoms with Gasteiger partial charge in [-0.3, -0.25) is 0 Å². The van der Waals surface area contributed by atoms with Crippen molar-refractivity contribution in [3.8, 4) is 0 Å². The van der Waals surface area contributed by atoms with E-state index in [2.05, 4.69) is 10.5 Å². The average molecular weight is 336 g/mol. The number of hydrogen-bond acceptors (Lipinski definition) is 6. The van der Waals surface area contributed by atoms with Gasteiger partial charge in [-0.2, -0.15) is 5.10 Å². The maximum absolute atomic E-state index is 11.7. The number of nitrogens with one attached hydrogen (secondary N) is 1. The molecule has 0 bridgehead atoms. The van der Waals surface area contributed by atoms with E-state index in [9.17, 15) is 14.7 Å². The van der Waals surface area contributed by atoms with Gasteiger partial charge in [0.15, 0.2) is 6.10 Å². The largest absolute Gasteiger partial charge is 0.464 e. The van der Waals surface area contributed by atoms with Crippen LogP contribution in [-0.2, 0) is 14.3 Å². The average Bonchev–Trinajstić information content (AvgIpc) is 2.50. The van der Waals surface area contributed by atoms with Crippen LogP contribution >= 0.6 is 0 Å². The smallest absolute Gasteiger partial charge is 0.428 e. The number of aliphatic hydroxyl groups is 1. The molecule has 1 rings (SSSR count). The van der Waals surface area contributed by atoms with E-state index in [1.807, 2.05) is 6.07 Å². The van der Waals surface area contributed by atoms with Crippen molar-refractivity contribution < 1.29 is 24.2 Å². The number of amides is 1. The number of aliphatic hydroxyl groups excluding tert-OH is 1. The Labute approximate surface area is 141 Å². The first-order chi connectivity index (χ1) is 11.2. The Hall–Kier alpha value is -2.41.